The Morgan fingerprint density at radius 1 is 1.59 bits per heavy atom. The van der Waals surface area contributed by atoms with Crippen LogP contribution in [0.1, 0.15) is 38.2 Å². The van der Waals surface area contributed by atoms with Crippen molar-refractivity contribution in [3.05, 3.63) is 29.8 Å². The van der Waals surface area contributed by atoms with Crippen LogP contribution in [-0.4, -0.2) is 17.4 Å². The van der Waals surface area contributed by atoms with Gasteiger partial charge in [-0.05, 0) is 49.3 Å². The zero-order valence-corrected chi connectivity index (χ0v) is 10.4. The second kappa shape index (κ2) is 5.21. The molecule has 3 unspecified atom stereocenters. The van der Waals surface area contributed by atoms with Crippen molar-refractivity contribution in [3.8, 4) is 5.75 Å². The summed E-state index contributed by atoms with van der Waals surface area (Å²) in [4.78, 5) is 0. The molecule has 1 saturated carbocycles. The fraction of sp³-hybridized carbons (Fsp3) is 0.500. The summed E-state index contributed by atoms with van der Waals surface area (Å²) in [6.45, 7) is 4.24. The molecule has 2 rings (SSSR count). The van der Waals surface area contributed by atoms with Gasteiger partial charge in [-0.1, -0.05) is 19.1 Å². The number of rotatable bonds is 5. The highest BCUT2D eigenvalue weighted by atomic mass is 16.3. The Labute approximate surface area is 103 Å². The van der Waals surface area contributed by atoms with Crippen molar-refractivity contribution in [1.82, 2.24) is 5.43 Å². The number of aromatic hydroxyl groups is 1. The molecule has 1 aliphatic carbocycles. The molecule has 1 aliphatic rings. The van der Waals surface area contributed by atoms with E-state index in [1.165, 1.54) is 12.0 Å². The summed E-state index contributed by atoms with van der Waals surface area (Å²) >= 11 is 0. The molecule has 0 spiro atoms. The van der Waals surface area contributed by atoms with Gasteiger partial charge in [-0.15, -0.1) is 0 Å². The van der Waals surface area contributed by atoms with Gasteiger partial charge in [0.25, 0.3) is 0 Å². The van der Waals surface area contributed by atoms with Crippen LogP contribution in [0.25, 0.3) is 0 Å². The molecule has 0 radical (unpaired) electrons. The molecule has 3 heteroatoms. The van der Waals surface area contributed by atoms with E-state index >= 15 is 0 Å². The minimum Gasteiger partial charge on any atom is -0.508 e. The lowest BCUT2D eigenvalue weighted by atomic mass is 10.1. The molecule has 0 aromatic heterocycles. The van der Waals surface area contributed by atoms with Crippen LogP contribution in [0.2, 0.25) is 0 Å². The Morgan fingerprint density at radius 3 is 3.12 bits per heavy atom. The normalized spacial score (nSPS) is 24.8. The predicted molar refractivity (Wildman–Crippen MR) is 70.3 cm³/mol. The topological polar surface area (TPSA) is 44.6 Å². The molecule has 0 aliphatic heterocycles. The maximum Gasteiger partial charge on any atom is 0.115 e. The highest BCUT2D eigenvalue weighted by molar-refractivity contribution is 5.56. The summed E-state index contributed by atoms with van der Waals surface area (Å²) in [7, 11) is 0. The maximum absolute atomic E-state index is 9.45. The molecule has 3 nitrogen and oxygen atoms in total. The first kappa shape index (κ1) is 12.0. The zero-order chi connectivity index (χ0) is 12.3. The number of hydrazone groups is 1. The van der Waals surface area contributed by atoms with Gasteiger partial charge >= 0.3 is 0 Å². The Balaban J connectivity index is 1.89. The Kier molecular flexibility index (Phi) is 3.67. The van der Waals surface area contributed by atoms with Crippen LogP contribution < -0.4 is 5.43 Å². The zero-order valence-electron chi connectivity index (χ0n) is 10.4. The molecule has 1 aromatic carbocycles. The molecule has 2 N–H and O–H groups in total. The van der Waals surface area contributed by atoms with Gasteiger partial charge in [0.05, 0.1) is 0 Å². The minimum absolute atomic E-state index is 0.359. The van der Waals surface area contributed by atoms with Crippen LogP contribution in [0.5, 0.6) is 5.75 Å². The Bertz CT molecular complexity index is 403. The SMILES string of the molecule is CCC=NNC(C)C1CC1c1cccc(O)c1. The van der Waals surface area contributed by atoms with Crippen LogP contribution in [0.3, 0.4) is 0 Å². The van der Waals surface area contributed by atoms with Crippen molar-refractivity contribution in [2.24, 2.45) is 11.0 Å². The highest BCUT2D eigenvalue weighted by Gasteiger charge is 2.42. The summed E-state index contributed by atoms with van der Waals surface area (Å²) in [5.41, 5.74) is 4.41. The number of hydrogen-bond donors (Lipinski definition) is 2. The largest absolute Gasteiger partial charge is 0.508 e. The van der Waals surface area contributed by atoms with Crippen LogP contribution >= 0.6 is 0 Å². The third-order valence-corrected chi connectivity index (χ3v) is 3.33. The number of phenols is 1. The third-order valence-electron chi connectivity index (χ3n) is 3.33. The summed E-state index contributed by atoms with van der Waals surface area (Å²) < 4.78 is 0. The number of nitrogens with zero attached hydrogens (tertiary/aromatic N) is 1. The molecular weight excluding hydrogens is 212 g/mol. The van der Waals surface area contributed by atoms with Gasteiger partial charge in [-0.2, -0.15) is 5.10 Å². The van der Waals surface area contributed by atoms with Crippen molar-refractivity contribution in [3.63, 3.8) is 0 Å². The van der Waals surface area contributed by atoms with Crippen LogP contribution in [0.15, 0.2) is 29.4 Å². The first-order valence-electron chi connectivity index (χ1n) is 6.28. The minimum atomic E-state index is 0.359. The van der Waals surface area contributed by atoms with Gasteiger partial charge in [-0.25, -0.2) is 0 Å². The van der Waals surface area contributed by atoms with Gasteiger partial charge in [0, 0.05) is 12.3 Å². The molecule has 17 heavy (non-hydrogen) atoms. The number of benzene rings is 1. The lowest BCUT2D eigenvalue weighted by Gasteiger charge is -2.10. The lowest BCUT2D eigenvalue weighted by Crippen LogP contribution is -2.23. The Hall–Kier alpha value is -1.51. The second-order valence-electron chi connectivity index (χ2n) is 4.74. The van der Waals surface area contributed by atoms with Crippen LogP contribution in [0.4, 0.5) is 0 Å². The molecule has 0 bridgehead atoms. The van der Waals surface area contributed by atoms with Crippen molar-refractivity contribution in [2.75, 3.05) is 0 Å². The number of nitrogens with one attached hydrogen (secondary N) is 1. The van der Waals surface area contributed by atoms with Crippen molar-refractivity contribution < 1.29 is 5.11 Å². The summed E-state index contributed by atoms with van der Waals surface area (Å²) in [6.07, 6.45) is 4.03. The summed E-state index contributed by atoms with van der Waals surface area (Å²) in [6, 6.07) is 7.98. The molecular formula is C14H20N2O. The summed E-state index contributed by atoms with van der Waals surface area (Å²) in [5.74, 6) is 1.56. The van der Waals surface area contributed by atoms with E-state index in [1.54, 1.807) is 6.07 Å². The van der Waals surface area contributed by atoms with Crippen LogP contribution in [-0.2, 0) is 0 Å². The van der Waals surface area contributed by atoms with Crippen molar-refractivity contribution in [1.29, 1.82) is 0 Å². The first-order valence-corrected chi connectivity index (χ1v) is 6.28. The maximum atomic E-state index is 9.45. The average molecular weight is 232 g/mol. The van der Waals surface area contributed by atoms with E-state index in [9.17, 15) is 5.11 Å². The summed E-state index contributed by atoms with van der Waals surface area (Å²) in [5, 5.41) is 13.6. The number of hydrogen-bond acceptors (Lipinski definition) is 3. The van der Waals surface area contributed by atoms with E-state index in [2.05, 4.69) is 30.4 Å². The quantitative estimate of drug-likeness (QED) is 0.605. The smallest absolute Gasteiger partial charge is 0.115 e. The van der Waals surface area contributed by atoms with Gasteiger partial charge in [-0.3, -0.25) is 0 Å². The van der Waals surface area contributed by atoms with Gasteiger partial charge in [0.15, 0.2) is 0 Å². The van der Waals surface area contributed by atoms with Gasteiger partial charge < -0.3 is 10.5 Å². The van der Waals surface area contributed by atoms with E-state index in [1.807, 2.05) is 18.3 Å². The molecule has 0 amide bonds. The highest BCUT2D eigenvalue weighted by Crippen LogP contribution is 2.49. The van der Waals surface area contributed by atoms with E-state index in [0.29, 0.717) is 23.6 Å². The molecule has 0 saturated heterocycles. The van der Waals surface area contributed by atoms with Gasteiger partial charge in [0.2, 0.25) is 0 Å². The van der Waals surface area contributed by atoms with Crippen molar-refractivity contribution >= 4 is 6.21 Å². The van der Waals surface area contributed by atoms with Crippen molar-refractivity contribution in [2.45, 2.75) is 38.6 Å². The van der Waals surface area contributed by atoms with E-state index in [4.69, 9.17) is 0 Å². The third kappa shape index (κ3) is 2.99. The molecule has 92 valence electrons. The van der Waals surface area contributed by atoms with E-state index in [0.717, 1.165) is 6.42 Å². The molecule has 1 fully saturated rings. The predicted octanol–water partition coefficient (Wildman–Crippen LogP) is 2.87. The monoisotopic (exact) mass is 232 g/mol. The van der Waals surface area contributed by atoms with E-state index < -0.39 is 0 Å². The molecule has 3 atom stereocenters. The standard InChI is InChI=1S/C14H20N2O/c1-3-7-15-16-10(2)13-9-14(13)11-5-4-6-12(17)8-11/h4-8,10,13-14,16-17H,3,9H2,1-2H3. The molecule has 1 aromatic rings. The van der Waals surface area contributed by atoms with E-state index in [-0.39, 0.29) is 0 Å². The number of phenolic OH excluding ortho intramolecular Hbond substituents is 1. The fourth-order valence-corrected chi connectivity index (χ4v) is 2.26. The first-order chi connectivity index (χ1) is 8.22. The Morgan fingerprint density at radius 2 is 2.41 bits per heavy atom. The lowest BCUT2D eigenvalue weighted by molar-refractivity contribution is 0.473. The molecule has 0 heterocycles. The van der Waals surface area contributed by atoms with Crippen LogP contribution in [0, 0.1) is 5.92 Å². The van der Waals surface area contributed by atoms with Gasteiger partial charge in [0.1, 0.15) is 5.75 Å². The fourth-order valence-electron chi connectivity index (χ4n) is 2.26. The average Bonchev–Trinajstić information content (AvgIpc) is 3.09. The second-order valence-corrected chi connectivity index (χ2v) is 4.74.